The zero-order chi connectivity index (χ0) is 12.4. The predicted octanol–water partition coefficient (Wildman–Crippen LogP) is 2.61. The summed E-state index contributed by atoms with van der Waals surface area (Å²) in [6.45, 7) is 6.70. The molecule has 0 unspecified atom stereocenters. The molecule has 16 heavy (non-hydrogen) atoms. The number of aliphatic hydroxyl groups excluding tert-OH is 1. The lowest BCUT2D eigenvalue weighted by Crippen LogP contribution is -2.22. The van der Waals surface area contributed by atoms with E-state index in [1.165, 1.54) is 0 Å². The number of carbonyl (C=O) groups excluding carboxylic acids is 1. The highest BCUT2D eigenvalue weighted by Crippen LogP contribution is 2.29. The van der Waals surface area contributed by atoms with Gasteiger partial charge in [0, 0.05) is 11.4 Å². The molecular weight excluding hydrogens is 224 g/mol. The van der Waals surface area contributed by atoms with Gasteiger partial charge in [-0.3, -0.25) is 4.79 Å². The fourth-order valence-electron chi connectivity index (χ4n) is 1.35. The first kappa shape index (κ1) is 15.8. The molecule has 4 heteroatoms. The minimum atomic E-state index is -0.115. The van der Waals surface area contributed by atoms with Gasteiger partial charge in [0.2, 0.25) is 0 Å². The number of ether oxygens (including phenoxy) is 1. The zero-order valence-corrected chi connectivity index (χ0v) is 11.4. The zero-order valence-electron chi connectivity index (χ0n) is 10.6. The highest BCUT2D eigenvalue weighted by molar-refractivity contribution is 8.00. The molecule has 0 amide bonds. The maximum Gasteiger partial charge on any atom is 0.307 e. The van der Waals surface area contributed by atoms with Crippen molar-refractivity contribution in [2.75, 3.05) is 19.0 Å². The van der Waals surface area contributed by atoms with Gasteiger partial charge in [-0.1, -0.05) is 20.3 Å². The second-order valence-electron chi connectivity index (χ2n) is 4.37. The van der Waals surface area contributed by atoms with Crippen LogP contribution in [-0.2, 0) is 9.53 Å². The standard InChI is InChI=1S/C12H24O3S/c1-4-15-11(14)10-12(2,3)16-9-7-5-6-8-13/h13H,4-10H2,1-3H3. The lowest BCUT2D eigenvalue weighted by Gasteiger charge is -2.22. The summed E-state index contributed by atoms with van der Waals surface area (Å²) in [7, 11) is 0. The number of carbonyl (C=O) groups is 1. The summed E-state index contributed by atoms with van der Waals surface area (Å²) in [5.74, 6) is 0.919. The van der Waals surface area contributed by atoms with Gasteiger partial charge in [0.1, 0.15) is 0 Å². The molecule has 0 aliphatic heterocycles. The van der Waals surface area contributed by atoms with Crippen molar-refractivity contribution < 1.29 is 14.6 Å². The minimum absolute atomic E-state index is 0.0501. The van der Waals surface area contributed by atoms with Crippen LogP contribution >= 0.6 is 11.8 Å². The summed E-state index contributed by atoms with van der Waals surface area (Å²) < 4.78 is 4.89. The topological polar surface area (TPSA) is 46.5 Å². The normalized spacial score (nSPS) is 11.5. The first-order valence-corrected chi connectivity index (χ1v) is 6.91. The molecule has 0 spiro atoms. The molecule has 0 fully saturated rings. The molecule has 0 saturated heterocycles. The molecule has 0 aliphatic carbocycles. The Bertz CT molecular complexity index is 193. The van der Waals surface area contributed by atoms with Crippen molar-refractivity contribution in [1.82, 2.24) is 0 Å². The van der Waals surface area contributed by atoms with Crippen molar-refractivity contribution in [3.8, 4) is 0 Å². The highest BCUT2D eigenvalue weighted by Gasteiger charge is 2.22. The average molecular weight is 248 g/mol. The molecule has 96 valence electrons. The maximum absolute atomic E-state index is 11.3. The molecule has 0 aromatic carbocycles. The van der Waals surface area contributed by atoms with Crippen molar-refractivity contribution >= 4 is 17.7 Å². The van der Waals surface area contributed by atoms with Crippen molar-refractivity contribution in [2.45, 2.75) is 51.2 Å². The first-order chi connectivity index (χ1) is 7.52. The number of aliphatic hydroxyl groups is 1. The Labute approximate surface area is 103 Å². The molecule has 0 aliphatic rings. The van der Waals surface area contributed by atoms with E-state index in [1.54, 1.807) is 11.8 Å². The maximum atomic E-state index is 11.3. The van der Waals surface area contributed by atoms with Crippen LogP contribution in [0.1, 0.15) is 46.5 Å². The van der Waals surface area contributed by atoms with Crippen LogP contribution in [0.2, 0.25) is 0 Å². The Balaban J connectivity index is 3.65. The van der Waals surface area contributed by atoms with Crippen molar-refractivity contribution in [2.24, 2.45) is 0 Å². The molecule has 0 rings (SSSR count). The Morgan fingerprint density at radius 3 is 2.56 bits per heavy atom. The lowest BCUT2D eigenvalue weighted by molar-refractivity contribution is -0.143. The van der Waals surface area contributed by atoms with Gasteiger partial charge in [-0.2, -0.15) is 11.8 Å². The van der Waals surface area contributed by atoms with E-state index in [9.17, 15) is 4.79 Å². The average Bonchev–Trinajstić information content (AvgIpc) is 2.16. The molecule has 0 saturated carbocycles. The van der Waals surface area contributed by atoms with Crippen LogP contribution < -0.4 is 0 Å². The summed E-state index contributed by atoms with van der Waals surface area (Å²) in [6.07, 6.45) is 3.49. The van der Waals surface area contributed by atoms with Gasteiger partial charge in [-0.25, -0.2) is 0 Å². The number of thioether (sulfide) groups is 1. The Hall–Kier alpha value is -0.220. The Morgan fingerprint density at radius 2 is 2.00 bits per heavy atom. The van der Waals surface area contributed by atoms with E-state index in [0.717, 1.165) is 25.0 Å². The second-order valence-corrected chi connectivity index (χ2v) is 6.18. The van der Waals surface area contributed by atoms with Gasteiger partial charge in [-0.15, -0.1) is 0 Å². The third-order valence-electron chi connectivity index (χ3n) is 2.17. The summed E-state index contributed by atoms with van der Waals surface area (Å²) in [5, 5.41) is 8.64. The molecule has 0 aromatic rings. The van der Waals surface area contributed by atoms with Crippen LogP contribution in [0, 0.1) is 0 Å². The van der Waals surface area contributed by atoms with Crippen molar-refractivity contribution in [3.05, 3.63) is 0 Å². The molecule has 0 heterocycles. The van der Waals surface area contributed by atoms with E-state index < -0.39 is 0 Å². The van der Waals surface area contributed by atoms with E-state index in [2.05, 4.69) is 13.8 Å². The van der Waals surface area contributed by atoms with E-state index in [1.807, 2.05) is 6.92 Å². The smallest absolute Gasteiger partial charge is 0.307 e. The quantitative estimate of drug-likeness (QED) is 0.503. The molecule has 1 N–H and O–H groups in total. The molecule has 0 aromatic heterocycles. The number of rotatable bonds is 9. The SMILES string of the molecule is CCOC(=O)CC(C)(C)SCCCCCO. The minimum Gasteiger partial charge on any atom is -0.466 e. The monoisotopic (exact) mass is 248 g/mol. The third kappa shape index (κ3) is 9.04. The molecule has 0 atom stereocenters. The van der Waals surface area contributed by atoms with Gasteiger partial charge < -0.3 is 9.84 Å². The summed E-state index contributed by atoms with van der Waals surface area (Å²) in [5.41, 5.74) is 0. The van der Waals surface area contributed by atoms with Gasteiger partial charge >= 0.3 is 5.97 Å². The number of unbranched alkanes of at least 4 members (excludes halogenated alkanes) is 2. The first-order valence-electron chi connectivity index (χ1n) is 5.92. The van der Waals surface area contributed by atoms with Crippen LogP contribution in [0.3, 0.4) is 0 Å². The summed E-state index contributed by atoms with van der Waals surface area (Å²) in [4.78, 5) is 11.3. The second kappa shape index (κ2) is 8.88. The molecule has 0 bridgehead atoms. The lowest BCUT2D eigenvalue weighted by atomic mass is 10.1. The fraction of sp³-hybridized carbons (Fsp3) is 0.917. The molecular formula is C12H24O3S. The summed E-state index contributed by atoms with van der Waals surface area (Å²) in [6, 6.07) is 0. The number of hydrogen-bond acceptors (Lipinski definition) is 4. The number of hydrogen-bond donors (Lipinski definition) is 1. The van der Waals surface area contributed by atoms with Gasteiger partial charge in [-0.05, 0) is 25.5 Å². The Kier molecular flexibility index (Phi) is 8.76. The van der Waals surface area contributed by atoms with E-state index in [-0.39, 0.29) is 17.3 Å². The van der Waals surface area contributed by atoms with Crippen LogP contribution in [0.5, 0.6) is 0 Å². The van der Waals surface area contributed by atoms with Gasteiger partial charge in [0.05, 0.1) is 13.0 Å². The van der Waals surface area contributed by atoms with E-state index >= 15 is 0 Å². The third-order valence-corrected chi connectivity index (χ3v) is 3.59. The predicted molar refractivity (Wildman–Crippen MR) is 68.7 cm³/mol. The van der Waals surface area contributed by atoms with Crippen LogP contribution in [0.25, 0.3) is 0 Å². The van der Waals surface area contributed by atoms with Gasteiger partial charge in [0.15, 0.2) is 0 Å². The van der Waals surface area contributed by atoms with Gasteiger partial charge in [0.25, 0.3) is 0 Å². The summed E-state index contributed by atoms with van der Waals surface area (Å²) >= 11 is 1.80. The molecule has 0 radical (unpaired) electrons. The Morgan fingerprint density at radius 1 is 1.31 bits per heavy atom. The van der Waals surface area contributed by atoms with Crippen molar-refractivity contribution in [3.63, 3.8) is 0 Å². The molecule has 3 nitrogen and oxygen atoms in total. The number of esters is 1. The fourth-order valence-corrected chi connectivity index (χ4v) is 2.47. The van der Waals surface area contributed by atoms with Crippen molar-refractivity contribution in [1.29, 1.82) is 0 Å². The van der Waals surface area contributed by atoms with Crippen LogP contribution in [-0.4, -0.2) is 34.8 Å². The van der Waals surface area contributed by atoms with Crippen LogP contribution in [0.4, 0.5) is 0 Å². The van der Waals surface area contributed by atoms with Crippen LogP contribution in [0.15, 0.2) is 0 Å². The van der Waals surface area contributed by atoms with E-state index in [4.69, 9.17) is 9.84 Å². The highest BCUT2D eigenvalue weighted by atomic mass is 32.2. The van der Waals surface area contributed by atoms with E-state index in [0.29, 0.717) is 13.0 Å². The largest absolute Gasteiger partial charge is 0.466 e.